The van der Waals surface area contributed by atoms with Crippen molar-refractivity contribution in [3.05, 3.63) is 89.5 Å². The van der Waals surface area contributed by atoms with Crippen LogP contribution in [0.3, 0.4) is 0 Å². The van der Waals surface area contributed by atoms with Crippen molar-refractivity contribution in [3.63, 3.8) is 0 Å². The molecule has 32 heavy (non-hydrogen) atoms. The zero-order valence-electron chi connectivity index (χ0n) is 18.5. The van der Waals surface area contributed by atoms with Crippen molar-refractivity contribution in [2.75, 3.05) is 5.32 Å². The summed E-state index contributed by atoms with van der Waals surface area (Å²) < 4.78 is 7.34. The van der Waals surface area contributed by atoms with E-state index in [1.807, 2.05) is 54.8 Å². The zero-order valence-corrected chi connectivity index (χ0v) is 18.5. The first-order valence-electron chi connectivity index (χ1n) is 10.7. The molecule has 6 heteroatoms. The average Bonchev–Trinajstić information content (AvgIpc) is 3.40. The Hall–Kier alpha value is -3.80. The molecule has 4 rings (SSSR count). The van der Waals surface area contributed by atoms with Crippen LogP contribution in [0.5, 0.6) is 0 Å². The SMILES string of the molecule is Cc1cccc(Cn2c(C(=O)NCc3ccco3)cc3cc(NC(=O)C(C)C)ccc32)c1. The van der Waals surface area contributed by atoms with Gasteiger partial charge in [0.05, 0.1) is 12.8 Å². The molecule has 0 saturated heterocycles. The quantitative estimate of drug-likeness (QED) is 0.428. The highest BCUT2D eigenvalue weighted by Crippen LogP contribution is 2.25. The number of aromatic nitrogens is 1. The summed E-state index contributed by atoms with van der Waals surface area (Å²) in [5, 5.41) is 6.76. The number of hydrogen-bond acceptors (Lipinski definition) is 3. The van der Waals surface area contributed by atoms with Crippen LogP contribution in [0.15, 0.2) is 71.3 Å². The Kier molecular flexibility index (Phi) is 6.12. The van der Waals surface area contributed by atoms with Gasteiger partial charge in [-0.15, -0.1) is 0 Å². The lowest BCUT2D eigenvalue weighted by Crippen LogP contribution is -2.25. The molecule has 164 valence electrons. The smallest absolute Gasteiger partial charge is 0.268 e. The van der Waals surface area contributed by atoms with E-state index in [1.165, 1.54) is 5.56 Å². The zero-order chi connectivity index (χ0) is 22.7. The number of carbonyl (C=O) groups excluding carboxylic acids is 2. The summed E-state index contributed by atoms with van der Waals surface area (Å²) in [4.78, 5) is 25.2. The summed E-state index contributed by atoms with van der Waals surface area (Å²) in [6.07, 6.45) is 1.59. The highest BCUT2D eigenvalue weighted by molar-refractivity contribution is 6.00. The number of fused-ring (bicyclic) bond motifs is 1. The first kappa shape index (κ1) is 21.4. The summed E-state index contributed by atoms with van der Waals surface area (Å²) in [6, 6.07) is 19.5. The van der Waals surface area contributed by atoms with E-state index in [-0.39, 0.29) is 17.7 Å². The second kappa shape index (κ2) is 9.14. The third-order valence-corrected chi connectivity index (χ3v) is 5.35. The van der Waals surface area contributed by atoms with Crippen molar-refractivity contribution in [3.8, 4) is 0 Å². The van der Waals surface area contributed by atoms with Crippen molar-refractivity contribution in [1.29, 1.82) is 0 Å². The predicted octanol–water partition coefficient (Wildman–Crippen LogP) is 5.12. The van der Waals surface area contributed by atoms with Crippen LogP contribution in [-0.2, 0) is 17.9 Å². The van der Waals surface area contributed by atoms with Crippen LogP contribution >= 0.6 is 0 Å². The lowest BCUT2D eigenvalue weighted by atomic mass is 10.1. The lowest BCUT2D eigenvalue weighted by Gasteiger charge is -2.12. The molecule has 2 N–H and O–H groups in total. The molecule has 0 spiro atoms. The van der Waals surface area contributed by atoms with E-state index in [0.717, 1.165) is 16.5 Å². The highest BCUT2D eigenvalue weighted by atomic mass is 16.3. The second-order valence-corrected chi connectivity index (χ2v) is 8.28. The Bertz CT molecular complexity index is 1250. The molecule has 0 unspecified atom stereocenters. The predicted molar refractivity (Wildman–Crippen MR) is 126 cm³/mol. The summed E-state index contributed by atoms with van der Waals surface area (Å²) in [6.45, 7) is 6.64. The van der Waals surface area contributed by atoms with Crippen LogP contribution in [0.2, 0.25) is 0 Å². The van der Waals surface area contributed by atoms with E-state index >= 15 is 0 Å². The van der Waals surface area contributed by atoms with Gasteiger partial charge in [-0.1, -0.05) is 43.7 Å². The molecular weight excluding hydrogens is 402 g/mol. The van der Waals surface area contributed by atoms with Crippen molar-refractivity contribution in [2.45, 2.75) is 33.9 Å². The molecule has 2 heterocycles. The average molecular weight is 430 g/mol. The van der Waals surface area contributed by atoms with Gasteiger partial charge in [-0.3, -0.25) is 9.59 Å². The van der Waals surface area contributed by atoms with Gasteiger partial charge in [0, 0.05) is 29.1 Å². The van der Waals surface area contributed by atoms with Crippen molar-refractivity contribution < 1.29 is 14.0 Å². The fourth-order valence-corrected chi connectivity index (χ4v) is 3.66. The molecule has 2 aromatic carbocycles. The highest BCUT2D eigenvalue weighted by Gasteiger charge is 2.17. The normalized spacial score (nSPS) is 11.1. The van der Waals surface area contributed by atoms with Gasteiger partial charge in [0.25, 0.3) is 5.91 Å². The Morgan fingerprint density at radius 1 is 1.03 bits per heavy atom. The second-order valence-electron chi connectivity index (χ2n) is 8.28. The summed E-state index contributed by atoms with van der Waals surface area (Å²) >= 11 is 0. The van der Waals surface area contributed by atoms with Crippen LogP contribution < -0.4 is 10.6 Å². The van der Waals surface area contributed by atoms with Gasteiger partial charge in [0.2, 0.25) is 5.91 Å². The maximum Gasteiger partial charge on any atom is 0.268 e. The molecule has 4 aromatic rings. The van der Waals surface area contributed by atoms with Gasteiger partial charge in [-0.25, -0.2) is 0 Å². The van der Waals surface area contributed by atoms with Gasteiger partial charge in [0.15, 0.2) is 0 Å². The standard InChI is InChI=1S/C26H27N3O3/c1-17(2)25(30)28-21-9-10-23-20(13-21)14-24(26(31)27-15-22-8-5-11-32-22)29(23)16-19-7-4-6-18(3)12-19/h4-14,17H,15-16H2,1-3H3,(H,27,31)(H,28,30). The maximum atomic E-state index is 13.1. The van der Waals surface area contributed by atoms with E-state index in [4.69, 9.17) is 4.42 Å². The number of anilines is 1. The minimum absolute atomic E-state index is 0.0417. The van der Waals surface area contributed by atoms with Gasteiger partial charge in [-0.05, 0) is 48.9 Å². The van der Waals surface area contributed by atoms with Gasteiger partial charge in [0.1, 0.15) is 11.5 Å². The Morgan fingerprint density at radius 2 is 1.88 bits per heavy atom. The monoisotopic (exact) mass is 429 g/mol. The van der Waals surface area contributed by atoms with Crippen LogP contribution in [0.25, 0.3) is 10.9 Å². The Morgan fingerprint density at radius 3 is 2.59 bits per heavy atom. The summed E-state index contributed by atoms with van der Waals surface area (Å²) in [7, 11) is 0. The number of nitrogens with zero attached hydrogens (tertiary/aromatic N) is 1. The fraction of sp³-hybridized carbons (Fsp3) is 0.231. The minimum atomic E-state index is -0.182. The van der Waals surface area contributed by atoms with E-state index in [9.17, 15) is 9.59 Å². The van der Waals surface area contributed by atoms with Crippen LogP contribution in [-0.4, -0.2) is 16.4 Å². The number of amides is 2. The van der Waals surface area contributed by atoms with Crippen molar-refractivity contribution in [1.82, 2.24) is 9.88 Å². The van der Waals surface area contributed by atoms with E-state index < -0.39 is 0 Å². The number of hydrogen-bond donors (Lipinski definition) is 2. The molecule has 2 aromatic heterocycles. The Balaban J connectivity index is 1.69. The van der Waals surface area contributed by atoms with Crippen LogP contribution in [0.4, 0.5) is 5.69 Å². The number of nitrogens with one attached hydrogen (secondary N) is 2. The largest absolute Gasteiger partial charge is 0.467 e. The molecular formula is C26H27N3O3. The number of rotatable bonds is 7. The first-order valence-corrected chi connectivity index (χ1v) is 10.7. The number of aryl methyl sites for hydroxylation is 1. The fourth-order valence-electron chi connectivity index (χ4n) is 3.66. The van der Waals surface area contributed by atoms with Crippen LogP contribution in [0.1, 0.15) is 41.2 Å². The summed E-state index contributed by atoms with van der Waals surface area (Å²) in [5.41, 5.74) is 4.48. The lowest BCUT2D eigenvalue weighted by molar-refractivity contribution is -0.118. The molecule has 0 bridgehead atoms. The first-order chi connectivity index (χ1) is 15.4. The molecule has 6 nitrogen and oxygen atoms in total. The number of carbonyl (C=O) groups is 2. The molecule has 0 radical (unpaired) electrons. The minimum Gasteiger partial charge on any atom is -0.467 e. The molecule has 2 amide bonds. The molecule has 0 aliphatic heterocycles. The molecule has 0 aliphatic rings. The van der Waals surface area contributed by atoms with Gasteiger partial charge >= 0.3 is 0 Å². The third kappa shape index (κ3) is 4.75. The molecule has 0 fully saturated rings. The number of benzene rings is 2. The topological polar surface area (TPSA) is 76.3 Å². The molecule has 0 aliphatic carbocycles. The van der Waals surface area contributed by atoms with Crippen molar-refractivity contribution >= 4 is 28.4 Å². The maximum absolute atomic E-state index is 13.1. The van der Waals surface area contributed by atoms with Crippen LogP contribution in [0, 0.1) is 12.8 Å². The van der Waals surface area contributed by atoms with E-state index in [2.05, 4.69) is 35.8 Å². The number of furan rings is 1. The van der Waals surface area contributed by atoms with E-state index in [1.54, 1.807) is 12.3 Å². The third-order valence-electron chi connectivity index (χ3n) is 5.35. The van der Waals surface area contributed by atoms with Gasteiger partial charge < -0.3 is 19.6 Å². The Labute approximate surface area is 187 Å². The summed E-state index contributed by atoms with van der Waals surface area (Å²) in [5.74, 6) is 0.357. The van der Waals surface area contributed by atoms with Crippen molar-refractivity contribution in [2.24, 2.45) is 5.92 Å². The van der Waals surface area contributed by atoms with E-state index in [0.29, 0.717) is 30.2 Å². The molecule has 0 atom stereocenters. The molecule has 0 saturated carbocycles. The van der Waals surface area contributed by atoms with Gasteiger partial charge in [-0.2, -0.15) is 0 Å².